The number of hydrogen-bond donors (Lipinski definition) is 9. The molecule has 40 heavy (non-hydrogen) atoms. The average Bonchev–Trinajstić information content (AvgIpc) is 3.39. The number of benzene rings is 1. The molecule has 0 bridgehead atoms. The molecule has 2 aromatic rings. The number of aromatic amines is 1. The third kappa shape index (κ3) is 10.4. The lowest BCUT2D eigenvalue weighted by molar-refractivity contribution is -0.147. The second kappa shape index (κ2) is 14.8. The van der Waals surface area contributed by atoms with E-state index < -0.39 is 66.2 Å². The normalized spacial score (nSPS) is 13.7. The van der Waals surface area contributed by atoms with Gasteiger partial charge in [0.1, 0.15) is 23.9 Å². The van der Waals surface area contributed by atoms with Gasteiger partial charge in [-0.15, -0.1) is 0 Å². The third-order valence-electron chi connectivity index (χ3n) is 5.65. The highest BCUT2D eigenvalue weighted by Crippen LogP contribution is 2.11. The molecule has 0 saturated carbocycles. The zero-order valence-corrected chi connectivity index (χ0v) is 21.2. The molecule has 4 atom stereocenters. The van der Waals surface area contributed by atoms with Crippen molar-refractivity contribution in [3.8, 4) is 5.75 Å². The van der Waals surface area contributed by atoms with E-state index in [1.807, 2.05) is 5.32 Å². The maximum absolute atomic E-state index is 13.2. The highest BCUT2D eigenvalue weighted by atomic mass is 16.4. The second-order valence-electron chi connectivity index (χ2n) is 8.88. The van der Waals surface area contributed by atoms with E-state index in [1.54, 1.807) is 12.1 Å². The number of carboxylic acid groups (broad SMARTS) is 2. The fourth-order valence-corrected chi connectivity index (χ4v) is 3.56. The molecule has 4 amide bonds. The van der Waals surface area contributed by atoms with Crippen molar-refractivity contribution >= 4 is 35.6 Å². The SMILES string of the molecule is NC(=O)CCC(NC(=O)C(Cc1cnc[nH]1)NC(=O)C(N)Cc1ccc(O)cc1)C(=O)NC(CC(=O)O)C(=O)O. The molecule has 2 rings (SSSR count). The van der Waals surface area contributed by atoms with E-state index in [-0.39, 0.29) is 31.4 Å². The van der Waals surface area contributed by atoms with Crippen molar-refractivity contribution in [1.29, 1.82) is 0 Å². The first-order chi connectivity index (χ1) is 18.8. The van der Waals surface area contributed by atoms with Crippen molar-refractivity contribution in [3.05, 3.63) is 48.0 Å². The second-order valence-corrected chi connectivity index (χ2v) is 8.88. The van der Waals surface area contributed by atoms with Gasteiger partial charge in [-0.1, -0.05) is 12.1 Å². The topological polar surface area (TPSA) is 280 Å². The summed E-state index contributed by atoms with van der Waals surface area (Å²) < 4.78 is 0. The number of H-pyrrole nitrogens is 1. The Balaban J connectivity index is 2.20. The van der Waals surface area contributed by atoms with Crippen LogP contribution in [-0.2, 0) is 41.6 Å². The number of carbonyl (C=O) groups excluding carboxylic acids is 4. The van der Waals surface area contributed by atoms with Crippen molar-refractivity contribution in [3.63, 3.8) is 0 Å². The number of nitrogens with one attached hydrogen (secondary N) is 4. The van der Waals surface area contributed by atoms with Gasteiger partial charge in [0.15, 0.2) is 0 Å². The van der Waals surface area contributed by atoms with Crippen LogP contribution in [0.4, 0.5) is 0 Å². The molecule has 0 spiro atoms. The zero-order valence-electron chi connectivity index (χ0n) is 21.2. The van der Waals surface area contributed by atoms with E-state index in [4.69, 9.17) is 16.6 Å². The van der Waals surface area contributed by atoms with Crippen LogP contribution in [0, 0.1) is 0 Å². The summed E-state index contributed by atoms with van der Waals surface area (Å²) in [6.07, 6.45) is 1.08. The van der Waals surface area contributed by atoms with Crippen LogP contribution in [0.3, 0.4) is 0 Å². The van der Waals surface area contributed by atoms with Crippen LogP contribution in [0.1, 0.15) is 30.5 Å². The molecule has 11 N–H and O–H groups in total. The molecule has 16 nitrogen and oxygen atoms in total. The average molecular weight is 562 g/mol. The van der Waals surface area contributed by atoms with Crippen LogP contribution in [0.2, 0.25) is 0 Å². The first kappa shape index (κ1) is 31.2. The minimum absolute atomic E-state index is 0.0330. The summed E-state index contributed by atoms with van der Waals surface area (Å²) in [5.74, 6) is -6.55. The summed E-state index contributed by atoms with van der Waals surface area (Å²) in [5, 5.41) is 34.5. The number of aliphatic carboxylic acids is 2. The minimum atomic E-state index is -1.81. The number of aromatic nitrogens is 2. The third-order valence-corrected chi connectivity index (χ3v) is 5.65. The quantitative estimate of drug-likeness (QED) is 0.103. The summed E-state index contributed by atoms with van der Waals surface area (Å²) in [4.78, 5) is 79.2. The molecular formula is C24H31N7O9. The number of amides is 4. The van der Waals surface area contributed by atoms with E-state index in [0.29, 0.717) is 11.3 Å². The Kier molecular flexibility index (Phi) is 11.6. The summed E-state index contributed by atoms with van der Waals surface area (Å²) >= 11 is 0. The number of carboxylic acids is 2. The Morgan fingerprint density at radius 3 is 2.02 bits per heavy atom. The predicted octanol–water partition coefficient (Wildman–Crippen LogP) is -2.49. The smallest absolute Gasteiger partial charge is 0.326 e. The lowest BCUT2D eigenvalue weighted by Gasteiger charge is -2.25. The standard InChI is InChI=1S/C24H31N7O9/c25-15(7-12-1-3-14(32)4-2-12)21(36)30-17(8-13-10-27-11-28-13)23(38)29-16(5-6-19(26)33)22(37)31-18(24(39)40)9-20(34)35/h1-4,10-11,15-18,32H,5-9,25H2,(H2,26,33)(H,27,28)(H,29,38)(H,30,36)(H,31,37)(H,34,35)(H,39,40). The van der Waals surface area contributed by atoms with Gasteiger partial charge < -0.3 is 47.7 Å². The number of nitrogens with zero attached hydrogens (tertiary/aromatic N) is 1. The first-order valence-corrected chi connectivity index (χ1v) is 12.0. The molecule has 0 aliphatic heterocycles. The van der Waals surface area contributed by atoms with Crippen molar-refractivity contribution in [1.82, 2.24) is 25.9 Å². The van der Waals surface area contributed by atoms with Crippen LogP contribution >= 0.6 is 0 Å². The number of rotatable bonds is 16. The number of nitrogens with two attached hydrogens (primary N) is 2. The monoisotopic (exact) mass is 561 g/mol. The highest BCUT2D eigenvalue weighted by Gasteiger charge is 2.31. The predicted molar refractivity (Wildman–Crippen MR) is 136 cm³/mol. The summed E-state index contributed by atoms with van der Waals surface area (Å²) in [6, 6.07) is 0.314. The number of aromatic hydroxyl groups is 1. The van der Waals surface area contributed by atoms with Crippen LogP contribution in [-0.4, -0.2) is 85.0 Å². The molecule has 1 heterocycles. The Labute approximate surface area is 227 Å². The van der Waals surface area contributed by atoms with E-state index >= 15 is 0 Å². The fraction of sp³-hybridized carbons (Fsp3) is 0.375. The molecule has 1 aromatic heterocycles. The largest absolute Gasteiger partial charge is 0.508 e. The minimum Gasteiger partial charge on any atom is -0.508 e. The van der Waals surface area contributed by atoms with Gasteiger partial charge in [-0.3, -0.25) is 24.0 Å². The molecule has 1 aromatic carbocycles. The summed E-state index contributed by atoms with van der Waals surface area (Å²) in [7, 11) is 0. The van der Waals surface area contributed by atoms with Crippen LogP contribution in [0.25, 0.3) is 0 Å². The maximum atomic E-state index is 13.2. The van der Waals surface area contributed by atoms with Crippen LogP contribution < -0.4 is 27.4 Å². The van der Waals surface area contributed by atoms with Gasteiger partial charge in [0, 0.05) is 24.7 Å². The van der Waals surface area contributed by atoms with Crippen LogP contribution in [0.15, 0.2) is 36.8 Å². The molecule has 216 valence electrons. The number of imidazole rings is 1. The van der Waals surface area contributed by atoms with Crippen molar-refractivity contribution < 1.29 is 44.1 Å². The fourth-order valence-electron chi connectivity index (χ4n) is 3.56. The van der Waals surface area contributed by atoms with Gasteiger partial charge >= 0.3 is 11.9 Å². The molecule has 0 saturated heterocycles. The van der Waals surface area contributed by atoms with Gasteiger partial charge in [0.25, 0.3) is 0 Å². The molecule has 0 aliphatic carbocycles. The van der Waals surface area contributed by atoms with E-state index in [2.05, 4.69) is 20.6 Å². The molecule has 0 fully saturated rings. The number of carbonyl (C=O) groups is 6. The number of phenols is 1. The lowest BCUT2D eigenvalue weighted by atomic mass is 10.0. The first-order valence-electron chi connectivity index (χ1n) is 12.0. The van der Waals surface area contributed by atoms with Crippen LogP contribution in [0.5, 0.6) is 5.75 Å². The summed E-state index contributed by atoms with van der Waals surface area (Å²) in [5.41, 5.74) is 12.3. The number of phenolic OH excluding ortho intramolecular Hbond substituents is 1. The van der Waals surface area contributed by atoms with E-state index in [1.165, 1.54) is 24.7 Å². The Morgan fingerprint density at radius 2 is 1.48 bits per heavy atom. The molecule has 16 heteroatoms. The van der Waals surface area contributed by atoms with Gasteiger partial charge in [-0.25, -0.2) is 9.78 Å². The Morgan fingerprint density at radius 1 is 0.875 bits per heavy atom. The summed E-state index contributed by atoms with van der Waals surface area (Å²) in [6.45, 7) is 0. The van der Waals surface area contributed by atoms with Crippen molar-refractivity contribution in [2.45, 2.75) is 56.3 Å². The Hall–Kier alpha value is -4.99. The maximum Gasteiger partial charge on any atom is 0.326 e. The van der Waals surface area contributed by atoms with Crippen molar-refractivity contribution in [2.24, 2.45) is 11.5 Å². The number of primary amides is 1. The molecular weight excluding hydrogens is 530 g/mol. The molecule has 4 unspecified atom stereocenters. The van der Waals surface area contributed by atoms with E-state index in [0.717, 1.165) is 0 Å². The Bertz CT molecular complexity index is 1200. The van der Waals surface area contributed by atoms with Gasteiger partial charge in [0.2, 0.25) is 23.6 Å². The highest BCUT2D eigenvalue weighted by molar-refractivity contribution is 5.95. The van der Waals surface area contributed by atoms with Crippen molar-refractivity contribution in [2.75, 3.05) is 0 Å². The lowest BCUT2D eigenvalue weighted by Crippen LogP contribution is -2.58. The van der Waals surface area contributed by atoms with Gasteiger partial charge in [0.05, 0.1) is 18.8 Å². The van der Waals surface area contributed by atoms with Gasteiger partial charge in [-0.2, -0.15) is 0 Å². The molecule has 0 radical (unpaired) electrons. The van der Waals surface area contributed by atoms with Gasteiger partial charge in [-0.05, 0) is 30.5 Å². The van der Waals surface area contributed by atoms with E-state index in [9.17, 15) is 39.0 Å². The number of hydrogen-bond acceptors (Lipinski definition) is 9. The zero-order chi connectivity index (χ0) is 29.8. The molecule has 0 aliphatic rings.